The Morgan fingerprint density at radius 3 is 2.58 bits per heavy atom. The van der Waals surface area contributed by atoms with Crippen LogP contribution in [0, 0.1) is 5.82 Å². The Bertz CT molecular complexity index is 737. The molecule has 5 nitrogen and oxygen atoms in total. The van der Waals surface area contributed by atoms with Crippen molar-refractivity contribution in [3.63, 3.8) is 0 Å². The Labute approximate surface area is 153 Å². The SMILES string of the molecule is COc1ccccc1[C@H](CNC(=O)[C@H](C)Oc1cccc(F)c1)N(C)C. The van der Waals surface area contributed by atoms with Gasteiger partial charge in [0.1, 0.15) is 17.3 Å². The van der Waals surface area contributed by atoms with E-state index in [4.69, 9.17) is 9.47 Å². The highest BCUT2D eigenvalue weighted by atomic mass is 19.1. The van der Waals surface area contributed by atoms with Crippen LogP contribution in [-0.2, 0) is 4.79 Å². The van der Waals surface area contributed by atoms with Gasteiger partial charge in [0.05, 0.1) is 13.2 Å². The zero-order valence-corrected chi connectivity index (χ0v) is 15.5. The maximum absolute atomic E-state index is 13.2. The van der Waals surface area contributed by atoms with Crippen LogP contribution in [0.4, 0.5) is 4.39 Å². The predicted molar refractivity (Wildman–Crippen MR) is 98.9 cm³/mol. The molecule has 0 unspecified atom stereocenters. The largest absolute Gasteiger partial charge is 0.496 e. The zero-order valence-electron chi connectivity index (χ0n) is 15.5. The van der Waals surface area contributed by atoms with Gasteiger partial charge in [-0.15, -0.1) is 0 Å². The van der Waals surface area contributed by atoms with Gasteiger partial charge in [0.2, 0.25) is 0 Å². The Hall–Kier alpha value is -2.60. The molecule has 26 heavy (non-hydrogen) atoms. The molecule has 0 radical (unpaired) electrons. The summed E-state index contributed by atoms with van der Waals surface area (Å²) in [5, 5.41) is 2.89. The third-order valence-electron chi connectivity index (χ3n) is 4.07. The van der Waals surface area contributed by atoms with E-state index in [1.165, 1.54) is 12.1 Å². The number of hydrogen-bond donors (Lipinski definition) is 1. The minimum absolute atomic E-state index is 0.0588. The third kappa shape index (κ3) is 5.20. The summed E-state index contributed by atoms with van der Waals surface area (Å²) >= 11 is 0. The van der Waals surface area contributed by atoms with Gasteiger partial charge in [-0.2, -0.15) is 0 Å². The van der Waals surface area contributed by atoms with E-state index < -0.39 is 11.9 Å². The number of carbonyl (C=O) groups is 1. The Kier molecular flexibility index (Phi) is 6.97. The highest BCUT2D eigenvalue weighted by Crippen LogP contribution is 2.27. The van der Waals surface area contributed by atoms with E-state index in [0.29, 0.717) is 12.3 Å². The molecule has 0 bridgehead atoms. The second-order valence-corrected chi connectivity index (χ2v) is 6.18. The fraction of sp³-hybridized carbons (Fsp3) is 0.350. The summed E-state index contributed by atoms with van der Waals surface area (Å²) in [4.78, 5) is 14.4. The van der Waals surface area contributed by atoms with Gasteiger partial charge in [-0.25, -0.2) is 4.39 Å². The number of halogens is 1. The van der Waals surface area contributed by atoms with E-state index in [0.717, 1.165) is 11.3 Å². The Morgan fingerprint density at radius 1 is 1.19 bits per heavy atom. The van der Waals surface area contributed by atoms with Crippen molar-refractivity contribution in [2.24, 2.45) is 0 Å². The van der Waals surface area contributed by atoms with Crippen LogP contribution in [0.1, 0.15) is 18.5 Å². The van der Waals surface area contributed by atoms with Gasteiger partial charge in [-0.05, 0) is 39.2 Å². The number of carbonyl (C=O) groups excluding carboxylic acids is 1. The molecule has 0 aliphatic carbocycles. The molecule has 0 saturated heterocycles. The molecule has 0 spiro atoms. The maximum atomic E-state index is 13.2. The van der Waals surface area contributed by atoms with Crippen LogP contribution in [-0.4, -0.2) is 44.7 Å². The van der Waals surface area contributed by atoms with Crippen LogP contribution >= 0.6 is 0 Å². The van der Waals surface area contributed by atoms with Crippen LogP contribution in [0.15, 0.2) is 48.5 Å². The lowest BCUT2D eigenvalue weighted by Gasteiger charge is -2.27. The number of nitrogens with zero attached hydrogens (tertiary/aromatic N) is 1. The lowest BCUT2D eigenvalue weighted by Crippen LogP contribution is -2.41. The molecule has 0 aliphatic heterocycles. The number of ether oxygens (including phenoxy) is 2. The molecule has 2 aromatic rings. The normalized spacial score (nSPS) is 13.2. The van der Waals surface area contributed by atoms with Gasteiger partial charge < -0.3 is 19.7 Å². The van der Waals surface area contributed by atoms with E-state index in [1.54, 1.807) is 26.2 Å². The van der Waals surface area contributed by atoms with Crippen LogP contribution in [0.25, 0.3) is 0 Å². The lowest BCUT2D eigenvalue weighted by atomic mass is 10.0. The zero-order chi connectivity index (χ0) is 19.1. The molecule has 0 heterocycles. The molecule has 140 valence electrons. The van der Waals surface area contributed by atoms with Gasteiger partial charge in [-0.3, -0.25) is 4.79 Å². The fourth-order valence-corrected chi connectivity index (χ4v) is 2.65. The first-order chi connectivity index (χ1) is 12.4. The van der Waals surface area contributed by atoms with Gasteiger partial charge in [-0.1, -0.05) is 24.3 Å². The number of methoxy groups -OCH3 is 1. The van der Waals surface area contributed by atoms with Crippen molar-refractivity contribution in [1.29, 1.82) is 0 Å². The summed E-state index contributed by atoms with van der Waals surface area (Å²) in [5.41, 5.74) is 0.985. The molecule has 2 aromatic carbocycles. The summed E-state index contributed by atoms with van der Waals surface area (Å²) in [7, 11) is 5.50. The molecule has 1 amide bonds. The number of rotatable bonds is 8. The maximum Gasteiger partial charge on any atom is 0.260 e. The number of nitrogens with one attached hydrogen (secondary N) is 1. The first kappa shape index (κ1) is 19.7. The molecule has 0 fully saturated rings. The van der Waals surface area contributed by atoms with Crippen molar-refractivity contribution in [3.05, 3.63) is 59.9 Å². The third-order valence-corrected chi connectivity index (χ3v) is 4.07. The quantitative estimate of drug-likeness (QED) is 0.786. The molecule has 1 N–H and O–H groups in total. The molecule has 2 rings (SSSR count). The van der Waals surface area contributed by atoms with Gasteiger partial charge in [0.15, 0.2) is 6.10 Å². The molecule has 0 aromatic heterocycles. The Balaban J connectivity index is 2.00. The van der Waals surface area contributed by atoms with Crippen LogP contribution < -0.4 is 14.8 Å². The first-order valence-electron chi connectivity index (χ1n) is 8.41. The van der Waals surface area contributed by atoms with Crippen molar-refractivity contribution in [2.45, 2.75) is 19.1 Å². The number of amides is 1. The second kappa shape index (κ2) is 9.20. The van der Waals surface area contributed by atoms with Gasteiger partial charge in [0, 0.05) is 18.2 Å². The standard InChI is InChI=1S/C20H25FN2O3/c1-14(26-16-9-7-8-15(21)12-16)20(24)22-13-18(23(2)3)17-10-5-6-11-19(17)25-4/h5-12,14,18H,13H2,1-4H3,(H,22,24)/t14-,18-/m0/s1. The highest BCUT2D eigenvalue weighted by molar-refractivity contribution is 5.80. The van der Waals surface area contributed by atoms with Gasteiger partial charge >= 0.3 is 0 Å². The van der Waals surface area contributed by atoms with E-state index in [9.17, 15) is 9.18 Å². The lowest BCUT2D eigenvalue weighted by molar-refractivity contribution is -0.127. The van der Waals surface area contributed by atoms with Crippen molar-refractivity contribution in [3.8, 4) is 11.5 Å². The molecular formula is C20H25FN2O3. The van der Waals surface area contributed by atoms with E-state index in [2.05, 4.69) is 5.32 Å². The fourth-order valence-electron chi connectivity index (χ4n) is 2.65. The minimum atomic E-state index is -0.739. The van der Waals surface area contributed by atoms with E-state index >= 15 is 0 Å². The van der Waals surface area contributed by atoms with Crippen LogP contribution in [0.5, 0.6) is 11.5 Å². The van der Waals surface area contributed by atoms with Crippen LogP contribution in [0.3, 0.4) is 0 Å². The van der Waals surface area contributed by atoms with E-state index in [-0.39, 0.29) is 11.9 Å². The highest BCUT2D eigenvalue weighted by Gasteiger charge is 2.21. The number of benzene rings is 2. The van der Waals surface area contributed by atoms with Crippen molar-refractivity contribution < 1.29 is 18.7 Å². The van der Waals surface area contributed by atoms with Gasteiger partial charge in [0.25, 0.3) is 5.91 Å². The summed E-state index contributed by atoms with van der Waals surface area (Å²) < 4.78 is 24.2. The number of hydrogen-bond acceptors (Lipinski definition) is 4. The summed E-state index contributed by atoms with van der Waals surface area (Å²) in [5.74, 6) is 0.418. The van der Waals surface area contributed by atoms with E-state index in [1.807, 2.05) is 43.3 Å². The number of para-hydroxylation sites is 1. The van der Waals surface area contributed by atoms with Crippen molar-refractivity contribution >= 4 is 5.91 Å². The van der Waals surface area contributed by atoms with Crippen molar-refractivity contribution in [2.75, 3.05) is 27.7 Å². The molecule has 2 atom stereocenters. The average Bonchev–Trinajstić information content (AvgIpc) is 2.61. The monoisotopic (exact) mass is 360 g/mol. The minimum Gasteiger partial charge on any atom is -0.496 e. The average molecular weight is 360 g/mol. The van der Waals surface area contributed by atoms with Crippen LogP contribution in [0.2, 0.25) is 0 Å². The second-order valence-electron chi connectivity index (χ2n) is 6.18. The Morgan fingerprint density at radius 2 is 1.92 bits per heavy atom. The smallest absolute Gasteiger partial charge is 0.260 e. The summed E-state index contributed by atoms with van der Waals surface area (Å²) in [6, 6.07) is 13.4. The summed E-state index contributed by atoms with van der Waals surface area (Å²) in [6.45, 7) is 2.02. The first-order valence-corrected chi connectivity index (χ1v) is 8.41. The number of likely N-dealkylation sites (N-methyl/N-ethyl adjacent to an activating group) is 1. The molecule has 0 saturated carbocycles. The summed E-state index contributed by atoms with van der Waals surface area (Å²) in [6.07, 6.45) is -0.739. The molecule has 6 heteroatoms. The molecule has 0 aliphatic rings. The topological polar surface area (TPSA) is 50.8 Å². The van der Waals surface area contributed by atoms with Crippen molar-refractivity contribution in [1.82, 2.24) is 10.2 Å². The molecular weight excluding hydrogens is 335 g/mol. The predicted octanol–water partition coefficient (Wildman–Crippen LogP) is 3.02.